The first-order valence-corrected chi connectivity index (χ1v) is 12.4. The molecule has 0 atom stereocenters. The minimum atomic E-state index is -0.560. The number of rotatable bonds is 8. The Morgan fingerprint density at radius 2 is 1.21 bits per heavy atom. The summed E-state index contributed by atoms with van der Waals surface area (Å²) < 4.78 is 0. The van der Waals surface area contributed by atoms with Gasteiger partial charge in [0.2, 0.25) is 0 Å². The largest absolute Gasteiger partial charge is 0.322 e. The van der Waals surface area contributed by atoms with Crippen LogP contribution in [-0.4, -0.2) is 31.6 Å². The van der Waals surface area contributed by atoms with Crippen LogP contribution in [-0.2, 0) is 0 Å². The zero-order chi connectivity index (χ0) is 29.6. The van der Waals surface area contributed by atoms with Crippen LogP contribution in [0.2, 0.25) is 0 Å². The molecule has 206 valence electrons. The van der Waals surface area contributed by atoms with E-state index in [-0.39, 0.29) is 16.9 Å². The normalized spacial score (nSPS) is 10.5. The molecule has 0 fully saturated rings. The van der Waals surface area contributed by atoms with Gasteiger partial charge in [-0.05, 0) is 42.5 Å². The van der Waals surface area contributed by atoms with E-state index < -0.39 is 21.7 Å². The molecule has 0 bridgehead atoms. The summed E-state index contributed by atoms with van der Waals surface area (Å²) in [6, 6.07) is 26.4. The predicted octanol–water partition coefficient (Wildman–Crippen LogP) is 6.13. The molecule has 0 saturated carbocycles. The van der Waals surface area contributed by atoms with Gasteiger partial charge in [0.15, 0.2) is 5.82 Å². The molecule has 2 amide bonds. The average molecular weight is 561 g/mol. The maximum absolute atomic E-state index is 12.6. The van der Waals surface area contributed by atoms with Crippen molar-refractivity contribution in [3.63, 3.8) is 0 Å². The summed E-state index contributed by atoms with van der Waals surface area (Å²) in [5.74, 6) is -0.464. The van der Waals surface area contributed by atoms with Crippen LogP contribution < -0.4 is 10.6 Å². The molecular weight excluding hydrogens is 540 g/mol. The van der Waals surface area contributed by atoms with E-state index in [1.54, 1.807) is 66.9 Å². The Labute approximate surface area is 238 Å². The van der Waals surface area contributed by atoms with Crippen molar-refractivity contribution in [2.75, 3.05) is 10.6 Å². The molecule has 0 aliphatic heterocycles. The molecule has 0 saturated heterocycles. The molecule has 0 unspecified atom stereocenters. The van der Waals surface area contributed by atoms with Crippen molar-refractivity contribution in [2.24, 2.45) is 0 Å². The van der Waals surface area contributed by atoms with E-state index in [4.69, 9.17) is 0 Å². The van der Waals surface area contributed by atoms with E-state index >= 15 is 0 Å². The average Bonchev–Trinajstić information content (AvgIpc) is 3.01. The maximum atomic E-state index is 12.6. The van der Waals surface area contributed by atoms with Crippen molar-refractivity contribution >= 4 is 34.6 Å². The van der Waals surface area contributed by atoms with Crippen LogP contribution in [0.5, 0.6) is 0 Å². The number of nitrogens with zero attached hydrogens (tertiary/aromatic N) is 4. The molecule has 1 aromatic heterocycles. The van der Waals surface area contributed by atoms with Crippen LogP contribution in [0.25, 0.3) is 22.6 Å². The third-order valence-electron chi connectivity index (χ3n) is 6.13. The number of nitro groups is 2. The molecular formula is C30H20N6O6. The lowest BCUT2D eigenvalue weighted by Crippen LogP contribution is -2.12. The highest BCUT2D eigenvalue weighted by Crippen LogP contribution is 2.24. The van der Waals surface area contributed by atoms with Crippen molar-refractivity contribution in [3.8, 4) is 22.6 Å². The minimum Gasteiger partial charge on any atom is -0.322 e. The van der Waals surface area contributed by atoms with Gasteiger partial charge in [-0.15, -0.1) is 0 Å². The van der Waals surface area contributed by atoms with Crippen LogP contribution in [0.15, 0.2) is 109 Å². The summed E-state index contributed by atoms with van der Waals surface area (Å²) in [5.41, 5.74) is 3.10. The van der Waals surface area contributed by atoms with E-state index in [2.05, 4.69) is 20.6 Å². The zero-order valence-electron chi connectivity index (χ0n) is 21.6. The Morgan fingerprint density at radius 3 is 1.90 bits per heavy atom. The van der Waals surface area contributed by atoms with E-state index in [0.717, 1.165) is 5.56 Å². The lowest BCUT2D eigenvalue weighted by atomic mass is 10.1. The third-order valence-corrected chi connectivity index (χ3v) is 6.13. The van der Waals surface area contributed by atoms with Gasteiger partial charge in [-0.3, -0.25) is 29.8 Å². The molecule has 1 heterocycles. The molecule has 0 aliphatic carbocycles. The van der Waals surface area contributed by atoms with E-state index in [9.17, 15) is 29.8 Å². The van der Waals surface area contributed by atoms with E-state index in [1.807, 2.05) is 0 Å². The lowest BCUT2D eigenvalue weighted by Gasteiger charge is -2.08. The number of carbonyl (C=O) groups excluding carboxylic acids is 2. The first kappa shape index (κ1) is 27.3. The number of carbonyl (C=O) groups is 2. The number of non-ortho nitro benzene ring substituents is 2. The van der Waals surface area contributed by atoms with Crippen LogP contribution in [0.3, 0.4) is 0 Å². The number of benzene rings is 4. The van der Waals surface area contributed by atoms with Gasteiger partial charge in [0.05, 0.1) is 15.5 Å². The summed E-state index contributed by atoms with van der Waals surface area (Å²) in [6.45, 7) is 0. The fraction of sp³-hybridized carbons (Fsp3) is 0. The van der Waals surface area contributed by atoms with E-state index in [1.165, 1.54) is 42.5 Å². The fourth-order valence-corrected chi connectivity index (χ4v) is 4.02. The first-order valence-electron chi connectivity index (χ1n) is 12.4. The first-order chi connectivity index (χ1) is 20.3. The van der Waals surface area contributed by atoms with Crippen molar-refractivity contribution in [2.45, 2.75) is 0 Å². The van der Waals surface area contributed by atoms with Crippen LogP contribution in [0.1, 0.15) is 20.7 Å². The second-order valence-electron chi connectivity index (χ2n) is 8.94. The molecule has 12 nitrogen and oxygen atoms in total. The van der Waals surface area contributed by atoms with E-state index in [0.29, 0.717) is 34.0 Å². The van der Waals surface area contributed by atoms with Gasteiger partial charge in [0, 0.05) is 64.1 Å². The Hall–Kier alpha value is -6.30. The molecule has 0 radical (unpaired) electrons. The van der Waals surface area contributed by atoms with Gasteiger partial charge in [0.25, 0.3) is 23.2 Å². The Kier molecular flexibility index (Phi) is 7.69. The number of anilines is 2. The van der Waals surface area contributed by atoms with Crippen LogP contribution in [0.4, 0.5) is 22.7 Å². The van der Waals surface area contributed by atoms with Gasteiger partial charge in [-0.1, -0.05) is 36.4 Å². The monoisotopic (exact) mass is 560 g/mol. The fourth-order valence-electron chi connectivity index (χ4n) is 4.02. The zero-order valence-corrected chi connectivity index (χ0v) is 21.6. The molecule has 12 heteroatoms. The Bertz CT molecular complexity index is 1820. The van der Waals surface area contributed by atoms with Crippen LogP contribution in [0, 0.1) is 20.2 Å². The quantitative estimate of drug-likeness (QED) is 0.168. The third kappa shape index (κ3) is 6.29. The van der Waals surface area contributed by atoms with Crippen molar-refractivity contribution in [1.29, 1.82) is 0 Å². The molecule has 4 aromatic carbocycles. The molecule has 42 heavy (non-hydrogen) atoms. The van der Waals surface area contributed by atoms with Gasteiger partial charge < -0.3 is 10.6 Å². The summed E-state index contributed by atoms with van der Waals surface area (Å²) in [7, 11) is 0. The highest BCUT2D eigenvalue weighted by atomic mass is 16.6. The Morgan fingerprint density at radius 1 is 0.619 bits per heavy atom. The molecule has 5 aromatic rings. The SMILES string of the molecule is O=C(Nc1cccc([N+](=O)[O-])c1)c1ccc(-c2nccc(-c3ccc(NC(=O)c4cccc([N+](=O)[O-])c4)cc3)n2)cc1. The number of nitro benzene ring substituents is 2. The van der Waals surface area contributed by atoms with Gasteiger partial charge in [-0.25, -0.2) is 9.97 Å². The number of nitrogens with one attached hydrogen (secondary N) is 2. The van der Waals surface area contributed by atoms with Gasteiger partial charge >= 0.3 is 0 Å². The number of hydrogen-bond acceptors (Lipinski definition) is 8. The van der Waals surface area contributed by atoms with Gasteiger partial charge in [-0.2, -0.15) is 0 Å². The predicted molar refractivity (Wildman–Crippen MR) is 155 cm³/mol. The van der Waals surface area contributed by atoms with Crippen molar-refractivity contribution < 1.29 is 19.4 Å². The molecule has 2 N–H and O–H groups in total. The summed E-state index contributed by atoms with van der Waals surface area (Å²) in [6.07, 6.45) is 1.61. The summed E-state index contributed by atoms with van der Waals surface area (Å²) in [5, 5.41) is 27.3. The second-order valence-corrected chi connectivity index (χ2v) is 8.94. The molecule has 0 aliphatic rings. The highest BCUT2D eigenvalue weighted by Gasteiger charge is 2.13. The lowest BCUT2D eigenvalue weighted by molar-refractivity contribution is -0.385. The maximum Gasteiger partial charge on any atom is 0.271 e. The smallest absolute Gasteiger partial charge is 0.271 e. The summed E-state index contributed by atoms with van der Waals surface area (Å²) >= 11 is 0. The van der Waals surface area contributed by atoms with Gasteiger partial charge in [0.1, 0.15) is 0 Å². The number of amides is 2. The number of aromatic nitrogens is 2. The topological polar surface area (TPSA) is 170 Å². The second kappa shape index (κ2) is 11.8. The molecule has 5 rings (SSSR count). The standard InChI is InChI=1S/C30H20N6O6/c37-29(33-24-4-2-6-26(18-24)36(41)42)21-9-7-20(8-10-21)28-31-16-15-27(34-28)19-11-13-23(14-12-19)32-30(38)22-3-1-5-25(17-22)35(39)40/h1-18H,(H,32,38)(H,33,37). The van der Waals surface area contributed by atoms with Crippen molar-refractivity contribution in [3.05, 3.63) is 141 Å². The van der Waals surface area contributed by atoms with Crippen molar-refractivity contribution in [1.82, 2.24) is 9.97 Å². The highest BCUT2D eigenvalue weighted by molar-refractivity contribution is 6.05. The number of hydrogen-bond donors (Lipinski definition) is 2. The van der Waals surface area contributed by atoms with Crippen LogP contribution >= 0.6 is 0 Å². The Balaban J connectivity index is 1.26. The molecule has 0 spiro atoms. The minimum absolute atomic E-state index is 0.125. The summed E-state index contributed by atoms with van der Waals surface area (Å²) in [4.78, 5) is 55.0.